The van der Waals surface area contributed by atoms with Gasteiger partial charge in [-0.1, -0.05) is 23.2 Å². The number of fused-ring (bicyclic) bond motifs is 1. The molecule has 2 heterocycles. The van der Waals surface area contributed by atoms with E-state index in [4.69, 9.17) is 23.2 Å². The lowest BCUT2D eigenvalue weighted by Gasteiger charge is -2.03. The van der Waals surface area contributed by atoms with Gasteiger partial charge in [-0.15, -0.1) is 11.3 Å². The molecule has 2 aromatic heterocycles. The van der Waals surface area contributed by atoms with Gasteiger partial charge in [0.2, 0.25) is 0 Å². The van der Waals surface area contributed by atoms with Crippen LogP contribution in [0.4, 0.5) is 0 Å². The Kier molecular flexibility index (Phi) is 2.98. The van der Waals surface area contributed by atoms with E-state index in [1.54, 1.807) is 23.5 Å². The van der Waals surface area contributed by atoms with Crippen molar-refractivity contribution in [3.05, 3.63) is 45.4 Å². The summed E-state index contributed by atoms with van der Waals surface area (Å²) >= 11 is 13.8. The van der Waals surface area contributed by atoms with E-state index in [0.717, 1.165) is 15.8 Å². The molecule has 0 aliphatic carbocycles. The van der Waals surface area contributed by atoms with E-state index < -0.39 is 0 Å². The number of aryl methyl sites for hydroxylation is 1. The topological polar surface area (TPSA) is 25.8 Å². The second-order valence-corrected chi connectivity index (χ2v) is 5.99. The van der Waals surface area contributed by atoms with Gasteiger partial charge in [0.05, 0.1) is 10.4 Å². The van der Waals surface area contributed by atoms with Gasteiger partial charge in [0, 0.05) is 15.3 Å². The molecule has 18 heavy (non-hydrogen) atoms. The Morgan fingerprint density at radius 1 is 1.06 bits per heavy atom. The lowest BCUT2D eigenvalue weighted by atomic mass is 10.2. The van der Waals surface area contributed by atoms with Crippen molar-refractivity contribution >= 4 is 45.4 Å². The third-order valence-corrected chi connectivity index (χ3v) is 4.09. The number of benzene rings is 1. The van der Waals surface area contributed by atoms with Crippen molar-refractivity contribution in [1.29, 1.82) is 0 Å². The average molecular weight is 295 g/mol. The van der Waals surface area contributed by atoms with Gasteiger partial charge in [0.25, 0.3) is 0 Å². The molecule has 0 aliphatic rings. The minimum absolute atomic E-state index is 0.434. The Morgan fingerprint density at radius 2 is 1.89 bits per heavy atom. The van der Waals surface area contributed by atoms with Crippen LogP contribution in [0.3, 0.4) is 0 Å². The molecule has 0 spiro atoms. The summed E-state index contributed by atoms with van der Waals surface area (Å²) in [6, 6.07) is 9.49. The molecular formula is C13H8Cl2N2S. The van der Waals surface area contributed by atoms with E-state index in [0.29, 0.717) is 16.0 Å². The molecule has 0 fully saturated rings. The van der Waals surface area contributed by atoms with Crippen LogP contribution in [0.5, 0.6) is 0 Å². The van der Waals surface area contributed by atoms with Gasteiger partial charge < -0.3 is 0 Å². The summed E-state index contributed by atoms with van der Waals surface area (Å²) in [5.41, 5.74) is 0.806. The first-order valence-electron chi connectivity index (χ1n) is 5.33. The summed E-state index contributed by atoms with van der Waals surface area (Å²) < 4.78 is 0. The molecule has 0 saturated carbocycles. The van der Waals surface area contributed by atoms with Crippen molar-refractivity contribution in [2.24, 2.45) is 0 Å². The van der Waals surface area contributed by atoms with Crippen molar-refractivity contribution in [2.45, 2.75) is 6.92 Å². The van der Waals surface area contributed by atoms with Gasteiger partial charge in [-0.2, -0.15) is 0 Å². The molecular weight excluding hydrogens is 287 g/mol. The Morgan fingerprint density at radius 3 is 2.61 bits per heavy atom. The third kappa shape index (κ3) is 2.09. The molecule has 0 amide bonds. The van der Waals surface area contributed by atoms with Crippen LogP contribution in [-0.4, -0.2) is 9.97 Å². The van der Waals surface area contributed by atoms with Crippen LogP contribution in [0.1, 0.15) is 4.88 Å². The summed E-state index contributed by atoms with van der Waals surface area (Å²) in [4.78, 5) is 11.1. The number of hydrogen-bond acceptors (Lipinski definition) is 3. The van der Waals surface area contributed by atoms with Crippen molar-refractivity contribution in [3.63, 3.8) is 0 Å². The monoisotopic (exact) mass is 294 g/mol. The number of aromatic nitrogens is 2. The highest BCUT2D eigenvalue weighted by atomic mass is 35.5. The zero-order valence-corrected chi connectivity index (χ0v) is 11.8. The standard InChI is InChI=1S/C13H8Cl2N2S/c1-7-2-5-11(18-7)13-16-10-4-3-8(14)6-9(10)12(15)17-13/h2-6H,1H3. The first-order chi connectivity index (χ1) is 8.63. The van der Waals surface area contributed by atoms with E-state index in [1.807, 2.05) is 18.2 Å². The number of halogens is 2. The van der Waals surface area contributed by atoms with Gasteiger partial charge in [0.1, 0.15) is 5.15 Å². The fourth-order valence-electron chi connectivity index (χ4n) is 1.73. The zero-order valence-electron chi connectivity index (χ0n) is 9.45. The summed E-state index contributed by atoms with van der Waals surface area (Å²) in [7, 11) is 0. The predicted molar refractivity (Wildman–Crippen MR) is 77.6 cm³/mol. The lowest BCUT2D eigenvalue weighted by Crippen LogP contribution is -1.90. The highest BCUT2D eigenvalue weighted by molar-refractivity contribution is 7.15. The largest absolute Gasteiger partial charge is 0.227 e. The number of nitrogens with zero attached hydrogens (tertiary/aromatic N) is 2. The quantitative estimate of drug-likeness (QED) is 0.592. The lowest BCUT2D eigenvalue weighted by molar-refractivity contribution is 1.24. The molecule has 5 heteroatoms. The Hall–Kier alpha value is -1.16. The first kappa shape index (κ1) is 11.9. The molecule has 1 aromatic carbocycles. The van der Waals surface area contributed by atoms with Gasteiger partial charge in [-0.3, -0.25) is 0 Å². The Labute approximate surface area is 118 Å². The molecule has 0 aliphatic heterocycles. The van der Waals surface area contributed by atoms with E-state index in [2.05, 4.69) is 16.9 Å². The number of rotatable bonds is 1. The van der Waals surface area contributed by atoms with Crippen LogP contribution < -0.4 is 0 Å². The fraction of sp³-hybridized carbons (Fsp3) is 0.0769. The van der Waals surface area contributed by atoms with Crippen LogP contribution >= 0.6 is 34.5 Å². The molecule has 0 unspecified atom stereocenters. The molecule has 3 aromatic rings. The fourth-order valence-corrected chi connectivity index (χ4v) is 2.93. The second-order valence-electron chi connectivity index (χ2n) is 3.91. The maximum atomic E-state index is 6.19. The molecule has 0 bridgehead atoms. The summed E-state index contributed by atoms with van der Waals surface area (Å²) in [5, 5.41) is 1.84. The summed E-state index contributed by atoms with van der Waals surface area (Å²) in [6.07, 6.45) is 0. The molecule has 0 saturated heterocycles. The molecule has 2 nitrogen and oxygen atoms in total. The molecule has 3 rings (SSSR count). The Balaban J connectivity index is 2.24. The zero-order chi connectivity index (χ0) is 12.7. The number of hydrogen-bond donors (Lipinski definition) is 0. The average Bonchev–Trinajstić information content (AvgIpc) is 2.77. The first-order valence-corrected chi connectivity index (χ1v) is 6.90. The van der Waals surface area contributed by atoms with Crippen molar-refractivity contribution in [2.75, 3.05) is 0 Å². The van der Waals surface area contributed by atoms with Gasteiger partial charge in [0.15, 0.2) is 5.82 Å². The van der Waals surface area contributed by atoms with Crippen molar-refractivity contribution < 1.29 is 0 Å². The van der Waals surface area contributed by atoms with E-state index in [-0.39, 0.29) is 0 Å². The van der Waals surface area contributed by atoms with Crippen LogP contribution in [-0.2, 0) is 0 Å². The minimum Gasteiger partial charge on any atom is -0.227 e. The molecule has 90 valence electrons. The van der Waals surface area contributed by atoms with Crippen LogP contribution in [0.15, 0.2) is 30.3 Å². The summed E-state index contributed by atoms with van der Waals surface area (Å²) in [5.74, 6) is 0.660. The normalized spacial score (nSPS) is 11.1. The highest BCUT2D eigenvalue weighted by Crippen LogP contribution is 2.30. The van der Waals surface area contributed by atoms with E-state index in [9.17, 15) is 0 Å². The molecule has 0 radical (unpaired) electrons. The maximum absolute atomic E-state index is 6.19. The molecule has 0 N–H and O–H groups in total. The third-order valence-electron chi connectivity index (χ3n) is 2.57. The van der Waals surface area contributed by atoms with Crippen molar-refractivity contribution in [3.8, 4) is 10.7 Å². The van der Waals surface area contributed by atoms with Crippen molar-refractivity contribution in [1.82, 2.24) is 9.97 Å². The van der Waals surface area contributed by atoms with Crippen LogP contribution in [0.25, 0.3) is 21.6 Å². The SMILES string of the molecule is Cc1ccc(-c2nc(Cl)c3cc(Cl)ccc3n2)s1. The predicted octanol–water partition coefficient (Wildman–Crippen LogP) is 4.97. The minimum atomic E-state index is 0.434. The maximum Gasteiger partial charge on any atom is 0.171 e. The van der Waals surface area contributed by atoms with Crippen LogP contribution in [0, 0.1) is 6.92 Å². The van der Waals surface area contributed by atoms with Gasteiger partial charge >= 0.3 is 0 Å². The summed E-state index contributed by atoms with van der Waals surface area (Å²) in [6.45, 7) is 2.05. The highest BCUT2D eigenvalue weighted by Gasteiger charge is 2.09. The smallest absolute Gasteiger partial charge is 0.171 e. The van der Waals surface area contributed by atoms with Gasteiger partial charge in [-0.25, -0.2) is 9.97 Å². The van der Waals surface area contributed by atoms with E-state index in [1.165, 1.54) is 4.88 Å². The van der Waals surface area contributed by atoms with E-state index >= 15 is 0 Å². The van der Waals surface area contributed by atoms with Crippen LogP contribution in [0.2, 0.25) is 10.2 Å². The van der Waals surface area contributed by atoms with Gasteiger partial charge in [-0.05, 0) is 37.3 Å². The number of thiophene rings is 1. The second kappa shape index (κ2) is 4.50. The molecule has 0 atom stereocenters. The Bertz CT molecular complexity index is 737.